The predicted molar refractivity (Wildman–Crippen MR) is 101 cm³/mol. The molecule has 0 saturated carbocycles. The first-order valence-electron chi connectivity index (χ1n) is 7.75. The standard InChI is InChI=1S/C19H18ClNO2S/c1-13-9-18-16(11-17(13)20)14(10-19(22)23-18)12-21-7-8-24-15-5-3-2-4-6-15/h2-6,9-11,21H,7-8,12H2,1H3. The van der Waals surface area contributed by atoms with Crippen molar-refractivity contribution in [3.63, 3.8) is 0 Å². The Bertz CT molecular complexity index is 893. The van der Waals surface area contributed by atoms with E-state index in [2.05, 4.69) is 17.4 Å². The molecule has 1 heterocycles. The first-order valence-corrected chi connectivity index (χ1v) is 9.11. The molecule has 3 rings (SSSR count). The van der Waals surface area contributed by atoms with Crippen LogP contribution in [0.5, 0.6) is 0 Å². The molecule has 124 valence electrons. The molecular formula is C19H18ClNO2S. The molecule has 0 unspecified atom stereocenters. The minimum Gasteiger partial charge on any atom is -0.423 e. The Morgan fingerprint density at radius 3 is 2.75 bits per heavy atom. The first-order chi connectivity index (χ1) is 11.6. The molecule has 0 saturated heterocycles. The van der Waals surface area contributed by atoms with Gasteiger partial charge in [-0.1, -0.05) is 29.8 Å². The number of halogens is 1. The second kappa shape index (κ2) is 7.88. The van der Waals surface area contributed by atoms with Gasteiger partial charge in [0.1, 0.15) is 5.58 Å². The molecule has 24 heavy (non-hydrogen) atoms. The van der Waals surface area contributed by atoms with Crippen molar-refractivity contribution >= 4 is 34.3 Å². The summed E-state index contributed by atoms with van der Waals surface area (Å²) in [6, 6.07) is 15.5. The number of thioether (sulfide) groups is 1. The van der Waals surface area contributed by atoms with Gasteiger partial charge < -0.3 is 9.73 Å². The van der Waals surface area contributed by atoms with Gasteiger partial charge in [-0.2, -0.15) is 0 Å². The summed E-state index contributed by atoms with van der Waals surface area (Å²) in [5, 5.41) is 4.94. The van der Waals surface area contributed by atoms with Crippen LogP contribution in [0, 0.1) is 6.92 Å². The Hall–Kier alpha value is -1.75. The SMILES string of the molecule is Cc1cc2oc(=O)cc(CNCCSc3ccccc3)c2cc1Cl. The molecule has 1 N–H and O–H groups in total. The van der Waals surface area contributed by atoms with Crippen molar-refractivity contribution in [3.8, 4) is 0 Å². The van der Waals surface area contributed by atoms with Gasteiger partial charge in [-0.05, 0) is 42.3 Å². The maximum absolute atomic E-state index is 11.7. The van der Waals surface area contributed by atoms with Crippen LogP contribution < -0.4 is 10.9 Å². The number of aryl methyl sites for hydroxylation is 1. The van der Waals surface area contributed by atoms with Crippen molar-refractivity contribution in [1.82, 2.24) is 5.32 Å². The van der Waals surface area contributed by atoms with Crippen LogP contribution in [0.25, 0.3) is 11.0 Å². The smallest absolute Gasteiger partial charge is 0.336 e. The number of hydrogen-bond donors (Lipinski definition) is 1. The zero-order valence-corrected chi connectivity index (χ0v) is 14.9. The molecule has 0 bridgehead atoms. The predicted octanol–water partition coefficient (Wildman–Crippen LogP) is 4.64. The summed E-state index contributed by atoms with van der Waals surface area (Å²) in [5.74, 6) is 0.962. The van der Waals surface area contributed by atoms with Crippen LogP contribution in [0.4, 0.5) is 0 Å². The van der Waals surface area contributed by atoms with Crippen LogP contribution in [-0.4, -0.2) is 12.3 Å². The number of nitrogens with one attached hydrogen (secondary N) is 1. The zero-order chi connectivity index (χ0) is 16.9. The van der Waals surface area contributed by atoms with Crippen LogP contribution >= 0.6 is 23.4 Å². The van der Waals surface area contributed by atoms with Gasteiger partial charge >= 0.3 is 5.63 Å². The third kappa shape index (κ3) is 4.20. The van der Waals surface area contributed by atoms with Gasteiger partial charge in [0, 0.05) is 40.2 Å². The summed E-state index contributed by atoms with van der Waals surface area (Å²) in [4.78, 5) is 13.0. The van der Waals surface area contributed by atoms with E-state index in [-0.39, 0.29) is 5.63 Å². The summed E-state index contributed by atoms with van der Waals surface area (Å²) in [6.07, 6.45) is 0. The fourth-order valence-corrected chi connectivity index (χ4v) is 3.47. The van der Waals surface area contributed by atoms with Crippen LogP contribution in [0.3, 0.4) is 0 Å². The Morgan fingerprint density at radius 2 is 1.96 bits per heavy atom. The van der Waals surface area contributed by atoms with Crippen molar-refractivity contribution in [2.45, 2.75) is 18.4 Å². The van der Waals surface area contributed by atoms with Crippen LogP contribution in [-0.2, 0) is 6.54 Å². The second-order valence-corrected chi connectivity index (χ2v) is 7.10. The Balaban J connectivity index is 1.64. The highest BCUT2D eigenvalue weighted by Gasteiger charge is 2.08. The minimum atomic E-state index is -0.334. The molecular weight excluding hydrogens is 342 g/mol. The summed E-state index contributed by atoms with van der Waals surface area (Å²) < 4.78 is 5.28. The molecule has 3 nitrogen and oxygen atoms in total. The normalized spacial score (nSPS) is 11.1. The maximum Gasteiger partial charge on any atom is 0.336 e. The van der Waals surface area contributed by atoms with Crippen LogP contribution in [0.2, 0.25) is 5.02 Å². The number of benzene rings is 2. The van der Waals surface area contributed by atoms with Crippen molar-refractivity contribution in [3.05, 3.63) is 75.1 Å². The second-order valence-electron chi connectivity index (χ2n) is 5.53. The third-order valence-electron chi connectivity index (χ3n) is 3.72. The molecule has 0 amide bonds. The quantitative estimate of drug-likeness (QED) is 0.395. The topological polar surface area (TPSA) is 42.2 Å². The maximum atomic E-state index is 11.7. The van der Waals surface area contributed by atoms with E-state index < -0.39 is 0 Å². The molecule has 0 atom stereocenters. The number of rotatable bonds is 6. The van der Waals surface area contributed by atoms with Gasteiger partial charge in [0.15, 0.2) is 0 Å². The number of fused-ring (bicyclic) bond motifs is 1. The van der Waals surface area contributed by atoms with E-state index in [1.807, 2.05) is 37.3 Å². The summed E-state index contributed by atoms with van der Waals surface area (Å²) in [6.45, 7) is 3.35. The van der Waals surface area contributed by atoms with Gasteiger partial charge in [0.05, 0.1) is 0 Å². The molecule has 2 aromatic carbocycles. The van der Waals surface area contributed by atoms with Gasteiger partial charge in [0.2, 0.25) is 0 Å². The van der Waals surface area contributed by atoms with Crippen LogP contribution in [0.15, 0.2) is 62.6 Å². The van der Waals surface area contributed by atoms with E-state index >= 15 is 0 Å². The van der Waals surface area contributed by atoms with E-state index in [0.29, 0.717) is 17.2 Å². The molecule has 0 fully saturated rings. The van der Waals surface area contributed by atoms with Crippen molar-refractivity contribution in [2.75, 3.05) is 12.3 Å². The lowest BCUT2D eigenvalue weighted by atomic mass is 10.1. The third-order valence-corrected chi connectivity index (χ3v) is 5.14. The van der Waals surface area contributed by atoms with Gasteiger partial charge in [0.25, 0.3) is 0 Å². The molecule has 1 aromatic heterocycles. The first kappa shape index (κ1) is 17.1. The number of hydrogen-bond acceptors (Lipinski definition) is 4. The van der Waals surface area contributed by atoms with E-state index in [9.17, 15) is 4.79 Å². The molecule has 0 spiro atoms. The Labute approximate surface area is 150 Å². The van der Waals surface area contributed by atoms with Gasteiger partial charge in [-0.15, -0.1) is 11.8 Å². The highest BCUT2D eigenvalue weighted by atomic mass is 35.5. The van der Waals surface area contributed by atoms with E-state index in [4.69, 9.17) is 16.0 Å². The molecule has 0 radical (unpaired) electrons. The summed E-state index contributed by atoms with van der Waals surface area (Å²) in [7, 11) is 0. The van der Waals surface area contributed by atoms with Crippen molar-refractivity contribution in [1.29, 1.82) is 0 Å². The zero-order valence-electron chi connectivity index (χ0n) is 13.3. The molecule has 3 aromatic rings. The van der Waals surface area contributed by atoms with Crippen molar-refractivity contribution < 1.29 is 4.42 Å². The van der Waals surface area contributed by atoms with E-state index in [0.717, 1.165) is 28.8 Å². The lowest BCUT2D eigenvalue weighted by Crippen LogP contribution is -2.18. The minimum absolute atomic E-state index is 0.334. The highest BCUT2D eigenvalue weighted by molar-refractivity contribution is 7.99. The van der Waals surface area contributed by atoms with Crippen LogP contribution in [0.1, 0.15) is 11.1 Å². The van der Waals surface area contributed by atoms with Crippen molar-refractivity contribution in [2.24, 2.45) is 0 Å². The summed E-state index contributed by atoms with van der Waals surface area (Å²) >= 11 is 8.01. The van der Waals surface area contributed by atoms with E-state index in [1.54, 1.807) is 11.8 Å². The average molecular weight is 360 g/mol. The average Bonchev–Trinajstić information content (AvgIpc) is 2.57. The monoisotopic (exact) mass is 359 g/mol. The Morgan fingerprint density at radius 1 is 1.17 bits per heavy atom. The lowest BCUT2D eigenvalue weighted by molar-refractivity contribution is 0.557. The lowest BCUT2D eigenvalue weighted by Gasteiger charge is -2.09. The largest absolute Gasteiger partial charge is 0.423 e. The van der Waals surface area contributed by atoms with E-state index in [1.165, 1.54) is 11.0 Å². The van der Waals surface area contributed by atoms with Gasteiger partial charge in [-0.3, -0.25) is 0 Å². The fourth-order valence-electron chi connectivity index (χ4n) is 2.48. The molecule has 0 aliphatic rings. The molecule has 5 heteroatoms. The van der Waals surface area contributed by atoms with Gasteiger partial charge in [-0.25, -0.2) is 4.79 Å². The molecule has 0 aliphatic heterocycles. The summed E-state index contributed by atoms with van der Waals surface area (Å²) in [5.41, 5.74) is 2.06. The fraction of sp³-hybridized carbons (Fsp3) is 0.211. The Kier molecular flexibility index (Phi) is 5.61. The molecule has 0 aliphatic carbocycles. The highest BCUT2D eigenvalue weighted by Crippen LogP contribution is 2.25.